The Labute approximate surface area is 130 Å². The molecule has 2 N–H and O–H groups in total. The Morgan fingerprint density at radius 2 is 1.91 bits per heavy atom. The zero-order chi connectivity index (χ0) is 15.7. The number of aryl methyl sites for hydroxylation is 1. The second-order valence-electron chi connectivity index (χ2n) is 5.29. The van der Waals surface area contributed by atoms with Gasteiger partial charge >= 0.3 is 0 Å². The van der Waals surface area contributed by atoms with Crippen molar-refractivity contribution >= 4 is 15.4 Å². The highest BCUT2D eigenvalue weighted by Crippen LogP contribution is 2.36. The number of sulfone groups is 1. The van der Waals surface area contributed by atoms with E-state index in [0.29, 0.717) is 21.6 Å². The Kier molecular flexibility index (Phi) is 3.76. The summed E-state index contributed by atoms with van der Waals surface area (Å²) in [5, 5.41) is 1.28. The van der Waals surface area contributed by atoms with E-state index >= 15 is 0 Å². The van der Waals surface area contributed by atoms with Gasteiger partial charge in [0.15, 0.2) is 0 Å². The fourth-order valence-electron chi connectivity index (χ4n) is 2.62. The highest BCUT2D eigenvalue weighted by Gasteiger charge is 2.29. The topological polar surface area (TPSA) is 69.4 Å². The van der Waals surface area contributed by atoms with E-state index in [1.807, 2.05) is 37.3 Å². The summed E-state index contributed by atoms with van der Waals surface area (Å²) in [5.74, 6) is 0.724. The van der Waals surface area contributed by atoms with Crippen molar-refractivity contribution in [2.45, 2.75) is 18.4 Å². The molecular weight excluding hydrogens is 298 g/mol. The number of hydrogen-bond acceptors (Lipinski definition) is 4. The van der Waals surface area contributed by atoms with Crippen LogP contribution in [0.5, 0.6) is 5.75 Å². The molecule has 2 aromatic carbocycles. The lowest BCUT2D eigenvalue weighted by molar-refractivity contribution is 0.369. The molecule has 0 aliphatic carbocycles. The van der Waals surface area contributed by atoms with Crippen LogP contribution in [0.15, 0.2) is 52.8 Å². The van der Waals surface area contributed by atoms with E-state index in [1.54, 1.807) is 12.1 Å². The third-order valence-corrected chi connectivity index (χ3v) is 5.27. The predicted molar refractivity (Wildman–Crippen MR) is 86.2 cm³/mol. The average molecular weight is 315 g/mol. The number of hydrogen-bond donors (Lipinski definition) is 1. The molecule has 114 valence electrons. The van der Waals surface area contributed by atoms with Gasteiger partial charge in [-0.1, -0.05) is 30.3 Å². The zero-order valence-electron chi connectivity index (χ0n) is 12.2. The van der Waals surface area contributed by atoms with Gasteiger partial charge in [0.25, 0.3) is 0 Å². The van der Waals surface area contributed by atoms with E-state index in [4.69, 9.17) is 10.5 Å². The van der Waals surface area contributed by atoms with Crippen LogP contribution >= 0.6 is 0 Å². The summed E-state index contributed by atoms with van der Waals surface area (Å²) in [5.41, 5.74) is 8.73. The van der Waals surface area contributed by atoms with Gasteiger partial charge < -0.3 is 10.5 Å². The number of fused-ring (bicyclic) bond motifs is 1. The van der Waals surface area contributed by atoms with Crippen LogP contribution in [0.1, 0.15) is 16.7 Å². The fraction of sp³-hybridized carbons (Fsp3) is 0.176. The van der Waals surface area contributed by atoms with E-state index < -0.39 is 9.84 Å². The van der Waals surface area contributed by atoms with E-state index in [9.17, 15) is 8.42 Å². The van der Waals surface area contributed by atoms with Crippen LogP contribution in [-0.4, -0.2) is 15.0 Å². The van der Waals surface area contributed by atoms with Gasteiger partial charge in [-0.3, -0.25) is 0 Å². The van der Waals surface area contributed by atoms with Gasteiger partial charge in [0.1, 0.15) is 12.4 Å². The summed E-state index contributed by atoms with van der Waals surface area (Å²) in [6.45, 7) is 2.39. The molecule has 5 heteroatoms. The Balaban J connectivity index is 1.91. The SMILES string of the molecule is Cc1cccc(OCC2=CS(=O)(=O)c3c(CN)cccc32)c1. The highest BCUT2D eigenvalue weighted by molar-refractivity contribution is 7.95. The van der Waals surface area contributed by atoms with Crippen molar-refractivity contribution in [3.63, 3.8) is 0 Å². The van der Waals surface area contributed by atoms with Crippen LogP contribution < -0.4 is 10.5 Å². The maximum atomic E-state index is 12.3. The molecule has 2 aromatic rings. The summed E-state index contributed by atoms with van der Waals surface area (Å²) in [4.78, 5) is 0.320. The number of rotatable bonds is 4. The van der Waals surface area contributed by atoms with Crippen LogP contribution in [-0.2, 0) is 16.4 Å². The molecule has 4 nitrogen and oxygen atoms in total. The Bertz CT molecular complexity index is 854. The second kappa shape index (κ2) is 5.59. The summed E-state index contributed by atoms with van der Waals surface area (Å²) < 4.78 is 30.4. The van der Waals surface area contributed by atoms with Crippen molar-refractivity contribution in [3.8, 4) is 5.75 Å². The van der Waals surface area contributed by atoms with Crippen LogP contribution in [0.3, 0.4) is 0 Å². The molecule has 22 heavy (non-hydrogen) atoms. The molecule has 0 amide bonds. The molecule has 0 spiro atoms. The number of ether oxygens (including phenoxy) is 1. The van der Waals surface area contributed by atoms with E-state index in [0.717, 1.165) is 11.3 Å². The van der Waals surface area contributed by atoms with Gasteiger partial charge in [-0.2, -0.15) is 0 Å². The first-order valence-electron chi connectivity index (χ1n) is 6.99. The molecule has 1 heterocycles. The molecule has 0 bridgehead atoms. The minimum Gasteiger partial charge on any atom is -0.489 e. The lowest BCUT2D eigenvalue weighted by atomic mass is 10.1. The monoisotopic (exact) mass is 315 g/mol. The summed E-state index contributed by atoms with van der Waals surface area (Å²) in [6.07, 6.45) is 0. The van der Waals surface area contributed by atoms with Gasteiger partial charge in [0, 0.05) is 23.1 Å². The molecule has 1 aliphatic heterocycles. The minimum absolute atomic E-state index is 0.197. The minimum atomic E-state index is -3.43. The Morgan fingerprint density at radius 1 is 1.14 bits per heavy atom. The zero-order valence-corrected chi connectivity index (χ0v) is 13.1. The smallest absolute Gasteiger partial charge is 0.201 e. The number of benzene rings is 2. The van der Waals surface area contributed by atoms with Gasteiger partial charge in [0.2, 0.25) is 9.84 Å². The van der Waals surface area contributed by atoms with E-state index in [-0.39, 0.29) is 13.2 Å². The summed E-state index contributed by atoms with van der Waals surface area (Å²) in [6, 6.07) is 13.0. The predicted octanol–water partition coefficient (Wildman–Crippen LogP) is 2.66. The van der Waals surface area contributed by atoms with Gasteiger partial charge in [-0.05, 0) is 30.2 Å². The molecule has 1 aliphatic rings. The van der Waals surface area contributed by atoms with Crippen LogP contribution in [0.2, 0.25) is 0 Å². The van der Waals surface area contributed by atoms with Crippen molar-refractivity contribution in [2.75, 3.05) is 6.61 Å². The molecule has 0 fully saturated rings. The first-order chi connectivity index (χ1) is 10.5. The summed E-state index contributed by atoms with van der Waals surface area (Å²) in [7, 11) is -3.43. The van der Waals surface area contributed by atoms with Crippen LogP contribution in [0.25, 0.3) is 5.57 Å². The van der Waals surface area contributed by atoms with Crippen LogP contribution in [0, 0.1) is 6.92 Å². The summed E-state index contributed by atoms with van der Waals surface area (Å²) >= 11 is 0. The molecule has 3 rings (SSSR count). The molecule has 0 saturated heterocycles. The lowest BCUT2D eigenvalue weighted by Gasteiger charge is -2.10. The average Bonchev–Trinajstić information content (AvgIpc) is 2.77. The largest absolute Gasteiger partial charge is 0.489 e. The molecule has 0 unspecified atom stereocenters. The molecule has 0 aromatic heterocycles. The van der Waals surface area contributed by atoms with Crippen LogP contribution in [0.4, 0.5) is 0 Å². The van der Waals surface area contributed by atoms with Gasteiger partial charge in [0.05, 0.1) is 4.90 Å². The molecule has 0 saturated carbocycles. The van der Waals surface area contributed by atoms with E-state index in [2.05, 4.69) is 0 Å². The van der Waals surface area contributed by atoms with Crippen molar-refractivity contribution < 1.29 is 13.2 Å². The maximum absolute atomic E-state index is 12.3. The molecule has 0 radical (unpaired) electrons. The number of nitrogens with two attached hydrogens (primary N) is 1. The quantitative estimate of drug-likeness (QED) is 0.941. The van der Waals surface area contributed by atoms with Gasteiger partial charge in [-0.25, -0.2) is 8.42 Å². The van der Waals surface area contributed by atoms with E-state index in [1.165, 1.54) is 5.41 Å². The maximum Gasteiger partial charge on any atom is 0.201 e. The first kappa shape index (κ1) is 14.8. The Morgan fingerprint density at radius 3 is 2.64 bits per heavy atom. The third kappa shape index (κ3) is 2.65. The van der Waals surface area contributed by atoms with Crippen molar-refractivity contribution in [3.05, 3.63) is 64.6 Å². The normalized spacial score (nSPS) is 15.3. The molecule has 0 atom stereocenters. The lowest BCUT2D eigenvalue weighted by Crippen LogP contribution is -2.05. The molecular formula is C17H17NO3S. The second-order valence-corrected chi connectivity index (χ2v) is 7.03. The van der Waals surface area contributed by atoms with Crippen molar-refractivity contribution in [1.29, 1.82) is 0 Å². The highest BCUT2D eigenvalue weighted by atomic mass is 32.2. The van der Waals surface area contributed by atoms with Crippen molar-refractivity contribution in [1.82, 2.24) is 0 Å². The van der Waals surface area contributed by atoms with Gasteiger partial charge in [-0.15, -0.1) is 0 Å². The fourth-order valence-corrected chi connectivity index (χ4v) is 4.33. The third-order valence-electron chi connectivity index (χ3n) is 3.63. The Hall–Kier alpha value is -2.11. The standard InChI is InChI=1S/C17H17NO3S/c1-12-4-2-6-15(8-12)21-10-14-11-22(19,20)17-13(9-18)5-3-7-16(14)17/h2-8,11H,9-10,18H2,1H3. The van der Waals surface area contributed by atoms with Crippen molar-refractivity contribution in [2.24, 2.45) is 5.73 Å². The first-order valence-corrected chi connectivity index (χ1v) is 8.53.